The molecule has 0 radical (unpaired) electrons. The van der Waals surface area contributed by atoms with Crippen LogP contribution in [0.5, 0.6) is 0 Å². The number of hydrogen-bond acceptors (Lipinski definition) is 3. The predicted octanol–water partition coefficient (Wildman–Crippen LogP) is 5.60. The van der Waals surface area contributed by atoms with Gasteiger partial charge in [-0.25, -0.2) is 4.39 Å². The molecule has 1 heterocycles. The topological polar surface area (TPSA) is 57.7 Å². The smallest absolute Gasteiger partial charge is 0.261 e. The van der Waals surface area contributed by atoms with E-state index in [1.54, 1.807) is 71.6 Å². The third kappa shape index (κ3) is 5.24. The first-order chi connectivity index (χ1) is 16.4. The molecule has 0 atom stereocenters. The molecule has 0 N–H and O–H groups in total. The van der Waals surface area contributed by atoms with Gasteiger partial charge in [-0.15, -0.1) is 0 Å². The lowest BCUT2D eigenvalue weighted by atomic mass is 10.1. The van der Waals surface area contributed by atoms with Crippen LogP contribution in [0.25, 0.3) is 6.08 Å². The fraction of sp³-hybridized carbons (Fsp3) is 0.148. The fourth-order valence-electron chi connectivity index (χ4n) is 3.80. The van der Waals surface area contributed by atoms with Crippen molar-refractivity contribution in [2.24, 2.45) is 0 Å². The van der Waals surface area contributed by atoms with Crippen LogP contribution in [-0.2, 0) is 4.79 Å². The van der Waals surface area contributed by atoms with Crippen LogP contribution in [0.3, 0.4) is 0 Å². The summed E-state index contributed by atoms with van der Waals surface area (Å²) in [5.74, 6) is -1.15. The van der Waals surface area contributed by atoms with E-state index in [0.717, 1.165) is 0 Å². The summed E-state index contributed by atoms with van der Waals surface area (Å²) in [4.78, 5) is 40.9. The molecule has 172 valence electrons. The van der Waals surface area contributed by atoms with Crippen LogP contribution >= 0.6 is 11.6 Å². The number of rotatable bonds is 8. The van der Waals surface area contributed by atoms with Crippen molar-refractivity contribution in [2.45, 2.75) is 12.8 Å². The quantitative estimate of drug-likeness (QED) is 0.241. The molecule has 0 saturated carbocycles. The summed E-state index contributed by atoms with van der Waals surface area (Å²) >= 11 is 6.00. The number of imide groups is 1. The zero-order valence-electron chi connectivity index (χ0n) is 18.3. The van der Waals surface area contributed by atoms with Crippen molar-refractivity contribution in [3.8, 4) is 0 Å². The van der Waals surface area contributed by atoms with Crippen molar-refractivity contribution in [2.75, 3.05) is 18.0 Å². The molecule has 5 nitrogen and oxygen atoms in total. The number of carbonyl (C=O) groups excluding carboxylic acids is 3. The highest BCUT2D eigenvalue weighted by Crippen LogP contribution is 2.23. The van der Waals surface area contributed by atoms with Crippen molar-refractivity contribution in [3.63, 3.8) is 0 Å². The Morgan fingerprint density at radius 1 is 0.882 bits per heavy atom. The Bertz CT molecular complexity index is 1200. The molecule has 3 aromatic rings. The third-order valence-corrected chi connectivity index (χ3v) is 5.84. The van der Waals surface area contributed by atoms with Crippen LogP contribution in [0.15, 0.2) is 78.9 Å². The van der Waals surface area contributed by atoms with Crippen LogP contribution in [0.4, 0.5) is 10.1 Å². The fourth-order valence-corrected chi connectivity index (χ4v) is 3.93. The average Bonchev–Trinajstić information content (AvgIpc) is 3.09. The second-order valence-corrected chi connectivity index (χ2v) is 8.30. The number of benzene rings is 3. The van der Waals surface area contributed by atoms with Gasteiger partial charge in [-0.3, -0.25) is 19.3 Å². The SMILES string of the molecule is O=C1c2ccccc2C(=O)N1CCCCN(C(=O)C=Cc1ccc(F)cc1)c1ccc(Cl)cc1. The van der Waals surface area contributed by atoms with Crippen molar-refractivity contribution in [3.05, 3.63) is 106 Å². The first-order valence-corrected chi connectivity index (χ1v) is 11.3. The number of nitrogens with zero attached hydrogens (tertiary/aromatic N) is 2. The van der Waals surface area contributed by atoms with Crippen LogP contribution in [0, 0.1) is 5.82 Å². The zero-order valence-corrected chi connectivity index (χ0v) is 19.0. The highest BCUT2D eigenvalue weighted by molar-refractivity contribution is 6.30. The number of carbonyl (C=O) groups is 3. The molecular formula is C27H22ClFN2O3. The van der Waals surface area contributed by atoms with Gasteiger partial charge in [0, 0.05) is 29.9 Å². The summed E-state index contributed by atoms with van der Waals surface area (Å²) in [5.41, 5.74) is 2.24. The zero-order chi connectivity index (χ0) is 24.1. The number of fused-ring (bicyclic) bond motifs is 1. The number of amides is 3. The van der Waals surface area contributed by atoms with E-state index < -0.39 is 0 Å². The molecule has 34 heavy (non-hydrogen) atoms. The minimum absolute atomic E-state index is 0.243. The largest absolute Gasteiger partial charge is 0.309 e. The molecule has 1 aliphatic rings. The molecule has 0 aromatic heterocycles. The summed E-state index contributed by atoms with van der Waals surface area (Å²) in [6.45, 7) is 0.664. The molecule has 0 aliphatic carbocycles. The van der Waals surface area contributed by atoms with E-state index in [1.807, 2.05) is 0 Å². The van der Waals surface area contributed by atoms with Crippen LogP contribution in [-0.4, -0.2) is 35.7 Å². The normalized spacial score (nSPS) is 12.9. The molecule has 0 saturated heterocycles. The first-order valence-electron chi connectivity index (χ1n) is 10.9. The van der Waals surface area contributed by atoms with Gasteiger partial charge >= 0.3 is 0 Å². The van der Waals surface area contributed by atoms with E-state index in [-0.39, 0.29) is 30.1 Å². The van der Waals surface area contributed by atoms with Gasteiger partial charge in [-0.2, -0.15) is 0 Å². The molecule has 3 amide bonds. The van der Waals surface area contributed by atoms with Crippen LogP contribution < -0.4 is 4.90 Å². The standard InChI is InChI=1S/C27H22ClFN2O3/c28-20-10-14-22(15-11-20)30(25(32)16-9-19-7-12-21(29)13-8-19)17-3-4-18-31-26(33)23-5-1-2-6-24(23)27(31)34/h1-2,5-16H,3-4,17-18H2. The Morgan fingerprint density at radius 3 is 2.12 bits per heavy atom. The third-order valence-electron chi connectivity index (χ3n) is 5.58. The minimum Gasteiger partial charge on any atom is -0.309 e. The van der Waals surface area contributed by atoms with Gasteiger partial charge in [0.25, 0.3) is 17.7 Å². The van der Waals surface area contributed by atoms with E-state index >= 15 is 0 Å². The molecule has 4 rings (SSSR count). The van der Waals surface area contributed by atoms with Gasteiger partial charge in [0.05, 0.1) is 11.1 Å². The maximum atomic E-state index is 13.1. The molecule has 0 unspecified atom stereocenters. The molecular weight excluding hydrogens is 455 g/mol. The number of hydrogen-bond donors (Lipinski definition) is 0. The Balaban J connectivity index is 1.40. The summed E-state index contributed by atoms with van der Waals surface area (Å²) in [5, 5.41) is 0.559. The summed E-state index contributed by atoms with van der Waals surface area (Å²) in [6, 6.07) is 19.6. The minimum atomic E-state index is -0.343. The van der Waals surface area contributed by atoms with Gasteiger partial charge in [0.2, 0.25) is 0 Å². The Kier molecular flexibility index (Phi) is 7.18. The lowest BCUT2D eigenvalue weighted by molar-refractivity contribution is -0.114. The number of unbranched alkanes of at least 4 members (excludes halogenated alkanes) is 1. The van der Waals surface area contributed by atoms with E-state index in [1.165, 1.54) is 23.1 Å². The highest BCUT2D eigenvalue weighted by atomic mass is 35.5. The second-order valence-electron chi connectivity index (χ2n) is 7.87. The van der Waals surface area contributed by atoms with Crippen LogP contribution in [0.2, 0.25) is 5.02 Å². The Morgan fingerprint density at radius 2 is 1.50 bits per heavy atom. The van der Waals surface area contributed by atoms with Crippen LogP contribution in [0.1, 0.15) is 39.1 Å². The van der Waals surface area contributed by atoms with Crippen molar-refractivity contribution >= 4 is 41.1 Å². The van der Waals surface area contributed by atoms with Gasteiger partial charge in [0.1, 0.15) is 5.82 Å². The molecule has 1 aliphatic heterocycles. The monoisotopic (exact) mass is 476 g/mol. The van der Waals surface area contributed by atoms with Gasteiger partial charge in [-0.05, 0) is 73.0 Å². The average molecular weight is 477 g/mol. The van der Waals surface area contributed by atoms with Gasteiger partial charge in [-0.1, -0.05) is 35.9 Å². The molecule has 0 fully saturated rings. The predicted molar refractivity (Wildman–Crippen MR) is 130 cm³/mol. The van der Waals surface area contributed by atoms with E-state index in [9.17, 15) is 18.8 Å². The van der Waals surface area contributed by atoms with E-state index in [2.05, 4.69) is 0 Å². The Labute approximate surface area is 202 Å². The summed E-state index contributed by atoms with van der Waals surface area (Å²) in [6.07, 6.45) is 4.19. The van der Waals surface area contributed by atoms with Crippen molar-refractivity contribution < 1.29 is 18.8 Å². The highest BCUT2D eigenvalue weighted by Gasteiger charge is 2.34. The van der Waals surface area contributed by atoms with E-state index in [0.29, 0.717) is 46.8 Å². The lowest BCUT2D eigenvalue weighted by Crippen LogP contribution is -2.33. The van der Waals surface area contributed by atoms with Gasteiger partial charge in [0.15, 0.2) is 0 Å². The lowest BCUT2D eigenvalue weighted by Gasteiger charge is -2.22. The Hall–Kier alpha value is -3.77. The molecule has 7 heteroatoms. The van der Waals surface area contributed by atoms with E-state index in [4.69, 9.17) is 11.6 Å². The molecule has 0 spiro atoms. The second kappa shape index (κ2) is 10.4. The number of anilines is 1. The first kappa shape index (κ1) is 23.4. The molecule has 0 bridgehead atoms. The van der Waals surface area contributed by atoms with Crippen molar-refractivity contribution in [1.82, 2.24) is 4.90 Å². The summed E-state index contributed by atoms with van der Waals surface area (Å²) in [7, 11) is 0. The summed E-state index contributed by atoms with van der Waals surface area (Å²) < 4.78 is 13.1. The molecule has 3 aromatic carbocycles. The maximum absolute atomic E-state index is 13.1. The van der Waals surface area contributed by atoms with Gasteiger partial charge < -0.3 is 4.90 Å². The number of halogens is 2. The maximum Gasteiger partial charge on any atom is 0.261 e. The van der Waals surface area contributed by atoms with Crippen molar-refractivity contribution in [1.29, 1.82) is 0 Å².